The molecule has 0 spiro atoms. The molecular weight excluding hydrogens is 308 g/mol. The average molecular weight is 341 g/mol. The van der Waals surface area contributed by atoms with Crippen LogP contribution in [0.1, 0.15) is 65.0 Å². The van der Waals surface area contributed by atoms with Crippen molar-refractivity contribution in [2.75, 3.05) is 0 Å². The summed E-state index contributed by atoms with van der Waals surface area (Å²) >= 11 is 0. The quantitative estimate of drug-likeness (QED) is 0.235. The molecule has 1 heterocycles. The highest BCUT2D eigenvalue weighted by Gasteiger charge is 2.20. The molecule has 1 aliphatic carbocycles. The van der Waals surface area contributed by atoms with Gasteiger partial charge in [-0.2, -0.15) is 0 Å². The first-order valence-corrected chi connectivity index (χ1v) is 11.4. The number of hydrogen-bond acceptors (Lipinski definition) is 1. The summed E-state index contributed by atoms with van der Waals surface area (Å²) in [5.41, 5.74) is 4.18. The van der Waals surface area contributed by atoms with Gasteiger partial charge in [-0.15, -0.1) is 0 Å². The van der Waals surface area contributed by atoms with Crippen LogP contribution < -0.4 is 0 Å². The molecule has 0 aliphatic heterocycles. The summed E-state index contributed by atoms with van der Waals surface area (Å²) in [7, 11) is 2.28. The highest BCUT2D eigenvalue weighted by Crippen LogP contribution is 2.34. The lowest BCUT2D eigenvalue weighted by Crippen LogP contribution is -1.91. The molecule has 0 saturated heterocycles. The normalized spacial score (nSPS) is 16.4. The summed E-state index contributed by atoms with van der Waals surface area (Å²) in [6.45, 7) is 6.72. The second-order valence-corrected chi connectivity index (χ2v) is 9.09. The molecule has 1 nitrogen and oxygen atoms in total. The lowest BCUT2D eigenvalue weighted by atomic mass is 9.69. The maximum atomic E-state index is 4.70. The van der Waals surface area contributed by atoms with E-state index in [0.29, 0.717) is 0 Å². The Bertz CT molecular complexity index is 543. The van der Waals surface area contributed by atoms with Crippen molar-refractivity contribution in [3.8, 4) is 0 Å². The van der Waals surface area contributed by atoms with Crippen LogP contribution in [0.4, 0.5) is 0 Å². The van der Waals surface area contributed by atoms with Crippen LogP contribution in [0.25, 0.3) is 6.08 Å². The molecule has 1 aromatic rings. The van der Waals surface area contributed by atoms with Crippen molar-refractivity contribution < 1.29 is 0 Å². The van der Waals surface area contributed by atoms with E-state index in [0.717, 1.165) is 17.9 Å². The fraction of sp³-hybridized carbons (Fsp3) is 0.619. The predicted molar refractivity (Wildman–Crippen MR) is 111 cm³/mol. The Kier molecular flexibility index (Phi) is 8.82. The maximum absolute atomic E-state index is 4.70. The minimum atomic E-state index is -0.208. The molecule has 1 aliphatic rings. The SMILES string of the molecule is CCC/C(C)=C/c1cc[p+](C/C(=C/C[B]CC2CC2)CCC)cn1. The Morgan fingerprint density at radius 3 is 2.71 bits per heavy atom. The molecule has 0 amide bonds. The Hall–Kier alpha value is -0.875. The van der Waals surface area contributed by atoms with Gasteiger partial charge in [0.25, 0.3) is 0 Å². The predicted octanol–water partition coefficient (Wildman–Crippen LogP) is 7.23. The Balaban J connectivity index is 1.87. The Labute approximate surface area is 151 Å². The van der Waals surface area contributed by atoms with Crippen LogP contribution in [0.5, 0.6) is 0 Å². The second-order valence-electron chi connectivity index (χ2n) is 7.21. The summed E-state index contributed by atoms with van der Waals surface area (Å²) in [5, 5.41) is 0. The summed E-state index contributed by atoms with van der Waals surface area (Å²) in [4.78, 5) is 4.70. The van der Waals surface area contributed by atoms with Crippen molar-refractivity contribution in [1.29, 1.82) is 0 Å². The topological polar surface area (TPSA) is 12.9 Å². The van der Waals surface area contributed by atoms with Gasteiger partial charge in [0.15, 0.2) is 0 Å². The van der Waals surface area contributed by atoms with Crippen molar-refractivity contribution in [3.05, 3.63) is 40.7 Å². The first kappa shape index (κ1) is 19.4. The molecule has 1 fully saturated rings. The number of nitrogens with zero attached hydrogens (tertiary/aromatic N) is 1. The highest BCUT2D eigenvalue weighted by molar-refractivity contribution is 7.47. The van der Waals surface area contributed by atoms with Crippen LogP contribution in [0.3, 0.4) is 0 Å². The van der Waals surface area contributed by atoms with E-state index in [4.69, 9.17) is 4.98 Å². The van der Waals surface area contributed by atoms with E-state index in [1.165, 1.54) is 56.6 Å². The number of aromatic nitrogens is 1. The standard InChI is InChI=1S/C21H33BNP/c1-4-6-18(3)14-21-11-13-24(17-23-21)16-20(7-5-2)10-12-22-15-19-8-9-19/h10-11,13-14,17,19H,4-9,12,15-16H2,1-3H3/q+1/b18-14+,20-10+. The molecule has 129 valence electrons. The van der Waals surface area contributed by atoms with E-state index >= 15 is 0 Å². The lowest BCUT2D eigenvalue weighted by molar-refractivity contribution is 0.891. The Morgan fingerprint density at radius 1 is 1.29 bits per heavy atom. The third-order valence-corrected chi connectivity index (χ3v) is 6.27. The van der Waals surface area contributed by atoms with Crippen LogP contribution in [0, 0.1) is 5.92 Å². The summed E-state index contributed by atoms with van der Waals surface area (Å²) in [6.07, 6.45) is 16.2. The van der Waals surface area contributed by atoms with Gasteiger partial charge in [-0.3, -0.25) is 0 Å². The van der Waals surface area contributed by atoms with Gasteiger partial charge in [0.1, 0.15) is 26.8 Å². The van der Waals surface area contributed by atoms with Gasteiger partial charge in [-0.05, 0) is 37.3 Å². The molecule has 2 rings (SSSR count). The first-order valence-electron chi connectivity index (χ1n) is 9.73. The highest BCUT2D eigenvalue weighted by atomic mass is 31.1. The molecular formula is C21H33BNP+. The van der Waals surface area contributed by atoms with Crippen molar-refractivity contribution >= 4 is 20.9 Å². The second kappa shape index (κ2) is 10.9. The van der Waals surface area contributed by atoms with Crippen LogP contribution >= 0.6 is 7.53 Å². The van der Waals surface area contributed by atoms with Crippen LogP contribution in [0.15, 0.2) is 35.0 Å². The lowest BCUT2D eigenvalue weighted by Gasteiger charge is -2.02. The zero-order valence-corrected chi connectivity index (χ0v) is 16.7. The minimum Gasteiger partial charge on any atom is -0.214 e. The Morgan fingerprint density at radius 2 is 2.08 bits per heavy atom. The zero-order valence-electron chi connectivity index (χ0n) is 15.8. The van der Waals surface area contributed by atoms with E-state index in [2.05, 4.69) is 58.0 Å². The summed E-state index contributed by atoms with van der Waals surface area (Å²) in [6, 6.07) is 2.23. The van der Waals surface area contributed by atoms with Crippen LogP contribution in [-0.4, -0.2) is 12.3 Å². The molecule has 1 atom stereocenters. The van der Waals surface area contributed by atoms with E-state index in [1.807, 2.05) is 0 Å². The van der Waals surface area contributed by atoms with Crippen LogP contribution in [0.2, 0.25) is 12.6 Å². The average Bonchev–Trinajstić information content (AvgIpc) is 3.38. The van der Waals surface area contributed by atoms with E-state index in [9.17, 15) is 0 Å². The monoisotopic (exact) mass is 341 g/mol. The van der Waals surface area contributed by atoms with E-state index in [-0.39, 0.29) is 7.53 Å². The largest absolute Gasteiger partial charge is 0.214 e. The molecule has 3 heteroatoms. The molecule has 0 N–H and O–H groups in total. The van der Waals surface area contributed by atoms with Gasteiger partial charge < -0.3 is 0 Å². The van der Waals surface area contributed by atoms with Gasteiger partial charge in [-0.25, -0.2) is 4.98 Å². The molecule has 1 radical (unpaired) electrons. The molecule has 1 saturated carbocycles. The number of allylic oxidation sites excluding steroid dienone is 3. The molecule has 0 aromatic carbocycles. The van der Waals surface area contributed by atoms with Crippen molar-refractivity contribution in [2.45, 2.75) is 78.1 Å². The molecule has 24 heavy (non-hydrogen) atoms. The third-order valence-electron chi connectivity index (χ3n) is 4.56. The molecule has 1 unspecified atom stereocenters. The summed E-state index contributed by atoms with van der Waals surface area (Å²) < 4.78 is 0. The fourth-order valence-corrected chi connectivity index (χ4v) is 4.68. The van der Waals surface area contributed by atoms with Crippen LogP contribution in [-0.2, 0) is 6.16 Å². The van der Waals surface area contributed by atoms with E-state index in [1.54, 1.807) is 5.57 Å². The summed E-state index contributed by atoms with van der Waals surface area (Å²) in [5.74, 6) is 5.62. The first-order chi connectivity index (χ1) is 11.7. The third kappa shape index (κ3) is 7.80. The van der Waals surface area contributed by atoms with Gasteiger partial charge in [-0.1, -0.05) is 63.8 Å². The minimum absolute atomic E-state index is 0.208. The maximum Gasteiger partial charge on any atom is 0.203 e. The molecule has 1 aromatic heterocycles. The van der Waals surface area contributed by atoms with Gasteiger partial charge in [0, 0.05) is 6.07 Å². The fourth-order valence-electron chi connectivity index (χ4n) is 3.03. The van der Waals surface area contributed by atoms with Crippen molar-refractivity contribution in [2.24, 2.45) is 5.92 Å². The zero-order chi connectivity index (χ0) is 17.2. The van der Waals surface area contributed by atoms with E-state index < -0.39 is 0 Å². The smallest absolute Gasteiger partial charge is 0.203 e. The van der Waals surface area contributed by atoms with Crippen molar-refractivity contribution in [1.82, 2.24) is 4.98 Å². The van der Waals surface area contributed by atoms with Gasteiger partial charge in [0.05, 0.1) is 5.69 Å². The molecule has 0 bridgehead atoms. The number of hydrogen-bond donors (Lipinski definition) is 0. The number of rotatable bonds is 11. The van der Waals surface area contributed by atoms with Gasteiger partial charge in [0.2, 0.25) is 5.93 Å². The van der Waals surface area contributed by atoms with Gasteiger partial charge >= 0.3 is 0 Å². The van der Waals surface area contributed by atoms with Crippen molar-refractivity contribution in [3.63, 3.8) is 0 Å².